The molecule has 9 heteroatoms. The van der Waals surface area contributed by atoms with Crippen LogP contribution < -0.4 is 10.3 Å². The maximum Gasteiger partial charge on any atom is 0.253 e. The van der Waals surface area contributed by atoms with Crippen molar-refractivity contribution in [3.63, 3.8) is 0 Å². The summed E-state index contributed by atoms with van der Waals surface area (Å²) >= 11 is 0. The van der Waals surface area contributed by atoms with Crippen molar-refractivity contribution in [3.8, 4) is 5.75 Å². The maximum absolute atomic E-state index is 13.7. The first-order valence-electron chi connectivity index (χ1n) is 13.1. The lowest BCUT2D eigenvalue weighted by atomic mass is 10.00. The van der Waals surface area contributed by atoms with Crippen molar-refractivity contribution in [1.29, 1.82) is 0 Å². The Balaban J connectivity index is 1.71. The van der Waals surface area contributed by atoms with E-state index in [0.717, 1.165) is 34.4 Å². The molecule has 3 heterocycles. The quantitative estimate of drug-likeness (QED) is 0.281. The average Bonchev–Trinajstić information content (AvgIpc) is 3.62. The van der Waals surface area contributed by atoms with E-state index in [4.69, 9.17) is 9.15 Å². The van der Waals surface area contributed by atoms with Gasteiger partial charge in [-0.3, -0.25) is 9.69 Å². The van der Waals surface area contributed by atoms with Crippen LogP contribution in [0.3, 0.4) is 0 Å². The van der Waals surface area contributed by atoms with Gasteiger partial charge in [0.05, 0.1) is 25.5 Å². The summed E-state index contributed by atoms with van der Waals surface area (Å²) in [5.41, 5.74) is 3.01. The SMILES string of the molecule is CCc1ccc2[nH]c(=O)c(C(c3nnnn3C(C)(C)C)N(Cc3ccc(OC)cc3)Cc3ccco3)cc2c1. The number of rotatable bonds is 9. The number of pyridine rings is 1. The summed E-state index contributed by atoms with van der Waals surface area (Å²) < 4.78 is 12.9. The summed E-state index contributed by atoms with van der Waals surface area (Å²) in [6, 6.07) is 19.3. The second-order valence-electron chi connectivity index (χ2n) is 10.7. The fourth-order valence-corrected chi connectivity index (χ4v) is 4.84. The van der Waals surface area contributed by atoms with Crippen molar-refractivity contribution in [2.45, 2.75) is 58.8 Å². The van der Waals surface area contributed by atoms with Crippen molar-refractivity contribution in [2.75, 3.05) is 7.11 Å². The lowest BCUT2D eigenvalue weighted by Crippen LogP contribution is -2.37. The number of aromatic amines is 1. The minimum absolute atomic E-state index is 0.181. The third-order valence-corrected chi connectivity index (χ3v) is 6.86. The number of tetrazole rings is 1. The zero-order valence-corrected chi connectivity index (χ0v) is 23.0. The van der Waals surface area contributed by atoms with Gasteiger partial charge in [0.1, 0.15) is 17.6 Å². The minimum Gasteiger partial charge on any atom is -0.497 e. The van der Waals surface area contributed by atoms with Gasteiger partial charge in [0.25, 0.3) is 5.56 Å². The van der Waals surface area contributed by atoms with Crippen molar-refractivity contribution < 1.29 is 9.15 Å². The van der Waals surface area contributed by atoms with E-state index in [1.807, 2.05) is 75.4 Å². The largest absolute Gasteiger partial charge is 0.497 e. The summed E-state index contributed by atoms with van der Waals surface area (Å²) in [5, 5.41) is 13.8. The molecule has 0 radical (unpaired) electrons. The zero-order valence-electron chi connectivity index (χ0n) is 23.0. The van der Waals surface area contributed by atoms with Gasteiger partial charge in [-0.2, -0.15) is 0 Å². The Morgan fingerprint density at radius 3 is 2.49 bits per heavy atom. The second kappa shape index (κ2) is 10.9. The van der Waals surface area contributed by atoms with Crippen LogP contribution in [-0.2, 0) is 25.0 Å². The van der Waals surface area contributed by atoms with Gasteiger partial charge in [-0.05, 0) is 96.6 Å². The highest BCUT2D eigenvalue weighted by atomic mass is 16.5. The highest BCUT2D eigenvalue weighted by Gasteiger charge is 2.34. The van der Waals surface area contributed by atoms with E-state index in [1.165, 1.54) is 5.56 Å². The van der Waals surface area contributed by atoms with Crippen LogP contribution in [0.5, 0.6) is 5.75 Å². The summed E-state index contributed by atoms with van der Waals surface area (Å²) in [4.78, 5) is 19.0. The summed E-state index contributed by atoms with van der Waals surface area (Å²) in [6.07, 6.45) is 2.56. The first-order chi connectivity index (χ1) is 18.8. The summed E-state index contributed by atoms with van der Waals surface area (Å²) in [6.45, 7) is 9.20. The summed E-state index contributed by atoms with van der Waals surface area (Å²) in [7, 11) is 1.65. The maximum atomic E-state index is 13.7. The van der Waals surface area contributed by atoms with E-state index >= 15 is 0 Å². The predicted octanol–water partition coefficient (Wildman–Crippen LogP) is 5.23. The van der Waals surface area contributed by atoms with Gasteiger partial charge in [-0.15, -0.1) is 5.10 Å². The molecule has 0 bridgehead atoms. The monoisotopic (exact) mass is 526 g/mol. The number of ether oxygens (including phenoxy) is 1. The molecule has 0 aliphatic rings. The molecular weight excluding hydrogens is 492 g/mol. The number of H-pyrrole nitrogens is 1. The van der Waals surface area contributed by atoms with Crippen molar-refractivity contribution >= 4 is 10.9 Å². The average molecular weight is 527 g/mol. The molecular formula is C30H34N6O3. The molecule has 5 aromatic rings. The van der Waals surface area contributed by atoms with Gasteiger partial charge >= 0.3 is 0 Å². The van der Waals surface area contributed by atoms with E-state index in [1.54, 1.807) is 18.1 Å². The number of aryl methyl sites for hydroxylation is 1. The Bertz CT molecular complexity index is 1600. The lowest BCUT2D eigenvalue weighted by molar-refractivity contribution is 0.171. The van der Waals surface area contributed by atoms with Gasteiger partial charge in [-0.25, -0.2) is 4.68 Å². The smallest absolute Gasteiger partial charge is 0.253 e. The molecule has 0 fully saturated rings. The molecule has 5 rings (SSSR count). The molecule has 202 valence electrons. The molecule has 1 unspecified atom stereocenters. The number of fused-ring (bicyclic) bond motifs is 1. The van der Waals surface area contributed by atoms with Crippen molar-refractivity contribution in [3.05, 3.63) is 106 Å². The fourth-order valence-electron chi connectivity index (χ4n) is 4.84. The minimum atomic E-state index is -0.565. The topological polar surface area (TPSA) is 102 Å². The van der Waals surface area contributed by atoms with E-state index in [2.05, 4.69) is 38.4 Å². The normalized spacial score (nSPS) is 12.8. The zero-order chi connectivity index (χ0) is 27.6. The molecule has 0 aliphatic heterocycles. The van der Waals surface area contributed by atoms with E-state index in [0.29, 0.717) is 24.5 Å². The number of benzene rings is 2. The molecule has 39 heavy (non-hydrogen) atoms. The van der Waals surface area contributed by atoms with Gasteiger partial charge in [0.2, 0.25) is 0 Å². The highest BCUT2D eigenvalue weighted by Crippen LogP contribution is 2.32. The molecule has 3 aromatic heterocycles. The Morgan fingerprint density at radius 2 is 1.82 bits per heavy atom. The number of methoxy groups -OCH3 is 1. The van der Waals surface area contributed by atoms with Crippen LogP contribution in [0.25, 0.3) is 10.9 Å². The molecule has 0 spiro atoms. The first kappa shape index (κ1) is 26.4. The highest BCUT2D eigenvalue weighted by molar-refractivity contribution is 5.80. The molecule has 0 saturated heterocycles. The van der Waals surface area contributed by atoms with Crippen molar-refractivity contribution in [1.82, 2.24) is 30.1 Å². The Kier molecular flexibility index (Phi) is 7.34. The number of aromatic nitrogens is 5. The Morgan fingerprint density at radius 1 is 1.05 bits per heavy atom. The van der Waals surface area contributed by atoms with Crippen LogP contribution in [0.15, 0.2) is 76.1 Å². The third-order valence-electron chi connectivity index (χ3n) is 6.86. The molecule has 1 N–H and O–H groups in total. The van der Waals surface area contributed by atoms with Crippen LogP contribution in [-0.4, -0.2) is 37.2 Å². The van der Waals surface area contributed by atoms with Crippen molar-refractivity contribution in [2.24, 2.45) is 0 Å². The Hall–Kier alpha value is -4.24. The standard InChI is InChI=1S/C30H34N6O3/c1-6-20-11-14-26-22(16-20)17-25(29(37)31-26)27(28-32-33-34-36(28)30(2,3)4)35(19-24-8-7-15-39-24)18-21-9-12-23(38-5)13-10-21/h7-17,27H,6,18-19H2,1-5H3,(H,31,37). The second-order valence-corrected chi connectivity index (χ2v) is 10.7. The van der Waals surface area contributed by atoms with Crippen LogP contribution in [0.2, 0.25) is 0 Å². The predicted molar refractivity (Wildman–Crippen MR) is 150 cm³/mol. The van der Waals surface area contributed by atoms with Gasteiger partial charge in [-0.1, -0.05) is 25.1 Å². The number of nitrogens with zero attached hydrogens (tertiary/aromatic N) is 5. The molecule has 0 saturated carbocycles. The van der Waals surface area contributed by atoms with Gasteiger partial charge in [0.15, 0.2) is 5.82 Å². The van der Waals surface area contributed by atoms with Crippen LogP contribution in [0.1, 0.15) is 62.0 Å². The first-order valence-corrected chi connectivity index (χ1v) is 13.1. The lowest BCUT2D eigenvalue weighted by Gasteiger charge is -2.32. The van der Waals surface area contributed by atoms with Crippen LogP contribution in [0.4, 0.5) is 0 Å². The van der Waals surface area contributed by atoms with E-state index in [-0.39, 0.29) is 5.56 Å². The molecule has 9 nitrogen and oxygen atoms in total. The number of nitrogens with one attached hydrogen (secondary N) is 1. The Labute approximate surface area is 227 Å². The van der Waals surface area contributed by atoms with Gasteiger partial charge < -0.3 is 14.1 Å². The van der Waals surface area contributed by atoms with E-state index < -0.39 is 11.6 Å². The third kappa shape index (κ3) is 5.63. The molecule has 1 atom stereocenters. The summed E-state index contributed by atoms with van der Waals surface area (Å²) in [5.74, 6) is 2.13. The van der Waals surface area contributed by atoms with Crippen LogP contribution >= 0.6 is 0 Å². The number of hydrogen-bond donors (Lipinski definition) is 1. The number of furan rings is 1. The fraction of sp³-hybridized carbons (Fsp3) is 0.333. The molecule has 2 aromatic carbocycles. The van der Waals surface area contributed by atoms with Gasteiger partial charge in [0, 0.05) is 17.6 Å². The van der Waals surface area contributed by atoms with Crippen LogP contribution in [0, 0.1) is 0 Å². The number of hydrogen-bond acceptors (Lipinski definition) is 7. The van der Waals surface area contributed by atoms with E-state index in [9.17, 15) is 4.79 Å². The molecule has 0 amide bonds. The molecule has 0 aliphatic carbocycles.